The minimum absolute atomic E-state index is 0.353. The number of halogens is 1. The normalized spacial score (nSPS) is 16.4. The molecule has 1 aliphatic heterocycles. The van der Waals surface area contributed by atoms with Gasteiger partial charge in [-0.15, -0.1) is 0 Å². The molecule has 0 aromatic heterocycles. The lowest BCUT2D eigenvalue weighted by molar-refractivity contribution is 0.384. The van der Waals surface area contributed by atoms with Crippen LogP contribution in [0.5, 0.6) is 0 Å². The van der Waals surface area contributed by atoms with Gasteiger partial charge in [-0.2, -0.15) is 4.31 Å². The van der Waals surface area contributed by atoms with Gasteiger partial charge >= 0.3 is 0 Å². The molecular weight excluding hydrogens is 388 g/mol. The molecule has 0 bridgehead atoms. The molecule has 0 amide bonds. The number of sulfonamides is 1. The first-order chi connectivity index (χ1) is 11.4. The van der Waals surface area contributed by atoms with Crippen LogP contribution in [0.25, 0.3) is 0 Å². The summed E-state index contributed by atoms with van der Waals surface area (Å²) in [7, 11) is -3.42. The summed E-state index contributed by atoms with van der Waals surface area (Å²) in [4.78, 5) is 2.63. The number of hydrogen-bond donors (Lipinski definition) is 0. The topological polar surface area (TPSA) is 40.6 Å². The van der Waals surface area contributed by atoms with Crippen LogP contribution in [0.15, 0.2) is 51.8 Å². The number of benzene rings is 2. The quantitative estimate of drug-likeness (QED) is 0.778. The lowest BCUT2D eigenvalue weighted by Gasteiger charge is -2.36. The van der Waals surface area contributed by atoms with Gasteiger partial charge in [0.05, 0.1) is 4.90 Å². The second-order valence-corrected chi connectivity index (χ2v) is 8.92. The fourth-order valence-corrected chi connectivity index (χ4v) is 4.69. The van der Waals surface area contributed by atoms with Crippen molar-refractivity contribution in [2.75, 3.05) is 31.1 Å². The maximum atomic E-state index is 12.8. The first-order valence-electron chi connectivity index (χ1n) is 7.96. The highest BCUT2D eigenvalue weighted by molar-refractivity contribution is 9.10. The zero-order valence-electron chi connectivity index (χ0n) is 13.9. The molecule has 1 aliphatic rings. The van der Waals surface area contributed by atoms with Crippen molar-refractivity contribution in [1.82, 2.24) is 4.31 Å². The van der Waals surface area contributed by atoms with E-state index >= 15 is 0 Å². The Labute approximate surface area is 152 Å². The standard InChI is InChI=1S/C18H21BrN2O2S/c1-14-4-3-5-18(15(14)2)20-10-12-21(13-11-20)24(22,23)17-8-6-16(19)7-9-17/h3-9H,10-13H2,1-2H3. The second-order valence-electron chi connectivity index (χ2n) is 6.06. The molecule has 128 valence electrons. The molecule has 0 radical (unpaired) electrons. The minimum atomic E-state index is -3.42. The number of piperazine rings is 1. The Morgan fingerprint density at radius 1 is 0.917 bits per heavy atom. The number of hydrogen-bond acceptors (Lipinski definition) is 3. The van der Waals surface area contributed by atoms with Crippen LogP contribution in [0.2, 0.25) is 0 Å². The summed E-state index contributed by atoms with van der Waals surface area (Å²) in [5.41, 5.74) is 3.73. The summed E-state index contributed by atoms with van der Waals surface area (Å²) in [6.07, 6.45) is 0. The third kappa shape index (κ3) is 3.36. The molecule has 2 aromatic carbocycles. The van der Waals surface area contributed by atoms with Gasteiger partial charge in [-0.05, 0) is 55.3 Å². The molecule has 0 saturated carbocycles. The molecule has 1 saturated heterocycles. The van der Waals surface area contributed by atoms with Crippen LogP contribution in [-0.4, -0.2) is 38.9 Å². The van der Waals surface area contributed by atoms with Crippen molar-refractivity contribution in [1.29, 1.82) is 0 Å². The highest BCUT2D eigenvalue weighted by atomic mass is 79.9. The smallest absolute Gasteiger partial charge is 0.243 e. The summed E-state index contributed by atoms with van der Waals surface area (Å²) < 4.78 is 28.0. The van der Waals surface area contributed by atoms with Gasteiger partial charge in [0.1, 0.15) is 0 Å². The van der Waals surface area contributed by atoms with Crippen molar-refractivity contribution in [3.05, 3.63) is 58.1 Å². The van der Waals surface area contributed by atoms with Gasteiger partial charge in [0.15, 0.2) is 0 Å². The van der Waals surface area contributed by atoms with E-state index in [0.717, 1.165) is 4.47 Å². The molecule has 3 rings (SSSR count). The minimum Gasteiger partial charge on any atom is -0.369 e. The highest BCUT2D eigenvalue weighted by Crippen LogP contribution is 2.26. The van der Waals surface area contributed by atoms with Crippen LogP contribution in [-0.2, 0) is 10.0 Å². The van der Waals surface area contributed by atoms with Crippen LogP contribution in [0.1, 0.15) is 11.1 Å². The molecule has 1 fully saturated rings. The Morgan fingerprint density at radius 3 is 2.17 bits per heavy atom. The van der Waals surface area contributed by atoms with Crippen LogP contribution in [0.4, 0.5) is 5.69 Å². The van der Waals surface area contributed by atoms with Gasteiger partial charge < -0.3 is 4.90 Å². The molecule has 0 N–H and O–H groups in total. The van der Waals surface area contributed by atoms with Crippen molar-refractivity contribution in [3.8, 4) is 0 Å². The molecule has 24 heavy (non-hydrogen) atoms. The van der Waals surface area contributed by atoms with Crippen molar-refractivity contribution in [3.63, 3.8) is 0 Å². The average Bonchev–Trinajstić information content (AvgIpc) is 2.58. The van der Waals surface area contributed by atoms with Crippen LogP contribution in [0, 0.1) is 13.8 Å². The molecule has 1 heterocycles. The van der Waals surface area contributed by atoms with E-state index < -0.39 is 10.0 Å². The maximum Gasteiger partial charge on any atom is 0.243 e. The number of aryl methyl sites for hydroxylation is 1. The van der Waals surface area contributed by atoms with Crippen molar-refractivity contribution >= 4 is 31.6 Å². The molecule has 0 spiro atoms. The first kappa shape index (κ1) is 17.5. The second kappa shape index (κ2) is 6.86. The highest BCUT2D eigenvalue weighted by Gasteiger charge is 2.28. The van der Waals surface area contributed by atoms with E-state index in [1.54, 1.807) is 28.6 Å². The Kier molecular flexibility index (Phi) is 4.99. The van der Waals surface area contributed by atoms with Crippen LogP contribution in [0.3, 0.4) is 0 Å². The van der Waals surface area contributed by atoms with Gasteiger partial charge in [0.2, 0.25) is 10.0 Å². The van der Waals surface area contributed by atoms with E-state index in [4.69, 9.17) is 0 Å². The largest absolute Gasteiger partial charge is 0.369 e. The first-order valence-corrected chi connectivity index (χ1v) is 10.2. The number of nitrogens with zero attached hydrogens (tertiary/aromatic N) is 2. The van der Waals surface area contributed by atoms with Gasteiger partial charge in [-0.1, -0.05) is 28.1 Å². The lowest BCUT2D eigenvalue weighted by atomic mass is 10.1. The Bertz CT molecular complexity index is 827. The molecular formula is C18H21BrN2O2S. The molecule has 0 atom stereocenters. The van der Waals surface area contributed by atoms with Crippen LogP contribution < -0.4 is 4.90 Å². The van der Waals surface area contributed by atoms with Gasteiger partial charge in [0.25, 0.3) is 0 Å². The zero-order valence-corrected chi connectivity index (χ0v) is 16.3. The summed E-state index contributed by atoms with van der Waals surface area (Å²) in [5, 5.41) is 0. The fourth-order valence-electron chi connectivity index (χ4n) is 3.00. The summed E-state index contributed by atoms with van der Waals surface area (Å²) in [6, 6.07) is 13.1. The molecule has 4 nitrogen and oxygen atoms in total. The molecule has 0 aliphatic carbocycles. The predicted molar refractivity (Wildman–Crippen MR) is 101 cm³/mol. The Balaban J connectivity index is 1.75. The van der Waals surface area contributed by atoms with E-state index in [-0.39, 0.29) is 0 Å². The lowest BCUT2D eigenvalue weighted by Crippen LogP contribution is -2.48. The SMILES string of the molecule is Cc1cccc(N2CCN(S(=O)(=O)c3ccc(Br)cc3)CC2)c1C. The third-order valence-corrected chi connectivity index (χ3v) is 7.05. The molecule has 6 heteroatoms. The Morgan fingerprint density at radius 2 is 1.54 bits per heavy atom. The monoisotopic (exact) mass is 408 g/mol. The van der Waals surface area contributed by atoms with E-state index in [1.165, 1.54) is 16.8 Å². The third-order valence-electron chi connectivity index (χ3n) is 4.61. The summed E-state index contributed by atoms with van der Waals surface area (Å²) in [5.74, 6) is 0. The number of anilines is 1. The predicted octanol–water partition coefficient (Wildman–Crippen LogP) is 3.58. The van der Waals surface area contributed by atoms with Gasteiger partial charge in [0, 0.05) is 36.3 Å². The molecule has 0 unspecified atom stereocenters. The zero-order chi connectivity index (χ0) is 17.3. The van der Waals surface area contributed by atoms with E-state index in [0.29, 0.717) is 31.1 Å². The van der Waals surface area contributed by atoms with Crippen molar-refractivity contribution < 1.29 is 8.42 Å². The van der Waals surface area contributed by atoms with E-state index in [9.17, 15) is 8.42 Å². The summed E-state index contributed by atoms with van der Waals surface area (Å²) >= 11 is 3.34. The van der Waals surface area contributed by atoms with Gasteiger partial charge in [-0.3, -0.25) is 0 Å². The molecule has 2 aromatic rings. The number of rotatable bonds is 3. The van der Waals surface area contributed by atoms with Crippen LogP contribution >= 0.6 is 15.9 Å². The fraction of sp³-hybridized carbons (Fsp3) is 0.333. The van der Waals surface area contributed by atoms with Crippen molar-refractivity contribution in [2.45, 2.75) is 18.7 Å². The Hall–Kier alpha value is -1.37. The average molecular weight is 409 g/mol. The summed E-state index contributed by atoms with van der Waals surface area (Å²) in [6.45, 7) is 6.65. The van der Waals surface area contributed by atoms with E-state index in [1.807, 2.05) is 0 Å². The van der Waals surface area contributed by atoms with Gasteiger partial charge in [-0.25, -0.2) is 8.42 Å². The van der Waals surface area contributed by atoms with Crippen molar-refractivity contribution in [2.24, 2.45) is 0 Å². The maximum absolute atomic E-state index is 12.8. The van der Waals surface area contributed by atoms with E-state index in [2.05, 4.69) is 52.9 Å².